The molecule has 2 amide bonds. The lowest BCUT2D eigenvalue weighted by atomic mass is 10.0. The van der Waals surface area contributed by atoms with E-state index in [1.54, 1.807) is 0 Å². The van der Waals surface area contributed by atoms with E-state index >= 15 is 0 Å². The maximum atomic E-state index is 12.2. The van der Waals surface area contributed by atoms with Crippen LogP contribution in [0.3, 0.4) is 0 Å². The summed E-state index contributed by atoms with van der Waals surface area (Å²) in [6.45, 7) is 0. The Labute approximate surface area is 206 Å². The number of halogens is 6. The molecule has 0 unspecified atom stereocenters. The van der Waals surface area contributed by atoms with Gasteiger partial charge < -0.3 is 27.0 Å². The van der Waals surface area contributed by atoms with Crippen LogP contribution in [-0.4, -0.2) is 58.4 Å². The highest BCUT2D eigenvalue weighted by atomic mass is 19.4. The first kappa shape index (κ1) is 32.9. The lowest BCUT2D eigenvalue weighted by molar-refractivity contribution is -0.193. The second kappa shape index (κ2) is 15.1. The van der Waals surface area contributed by atoms with E-state index in [0.29, 0.717) is 12.8 Å². The van der Waals surface area contributed by atoms with Crippen LogP contribution in [0.5, 0.6) is 0 Å². The molecule has 2 aromatic rings. The molecule has 0 aliphatic rings. The molecule has 0 saturated heterocycles. The maximum Gasteiger partial charge on any atom is 0.490 e. The van der Waals surface area contributed by atoms with Crippen LogP contribution in [0.2, 0.25) is 0 Å². The number of nitrogens with one attached hydrogen (secondary N) is 1. The van der Waals surface area contributed by atoms with Gasteiger partial charge in [0.2, 0.25) is 11.8 Å². The number of carbonyl (C=O) groups excluding carboxylic acids is 2. The first-order valence-electron chi connectivity index (χ1n) is 9.98. The van der Waals surface area contributed by atoms with Gasteiger partial charge in [0.05, 0.1) is 6.04 Å². The Hall–Kier alpha value is -4.14. The smallest absolute Gasteiger partial charge is 0.475 e. The van der Waals surface area contributed by atoms with E-state index in [2.05, 4.69) is 5.32 Å². The van der Waals surface area contributed by atoms with Crippen molar-refractivity contribution >= 4 is 23.8 Å². The molecule has 0 aliphatic heterocycles. The Morgan fingerprint density at radius 1 is 0.730 bits per heavy atom. The SMILES string of the molecule is NC(=O)[C@@H](Cc1ccccc1)NC(=O)[C@H](N)Cc1ccccc1.O=C(O)C(F)(F)F.O=C(O)C(F)(F)F. The molecule has 0 fully saturated rings. The van der Waals surface area contributed by atoms with Gasteiger partial charge in [0, 0.05) is 6.42 Å². The van der Waals surface area contributed by atoms with Crippen LogP contribution >= 0.6 is 0 Å². The van der Waals surface area contributed by atoms with Crippen LogP contribution in [0.4, 0.5) is 26.3 Å². The van der Waals surface area contributed by atoms with Crippen molar-refractivity contribution in [2.24, 2.45) is 11.5 Å². The van der Waals surface area contributed by atoms with Gasteiger partial charge in [0.15, 0.2) is 0 Å². The fourth-order valence-corrected chi connectivity index (χ4v) is 2.31. The van der Waals surface area contributed by atoms with Crippen molar-refractivity contribution in [1.29, 1.82) is 0 Å². The predicted molar refractivity (Wildman–Crippen MR) is 117 cm³/mol. The molecule has 204 valence electrons. The predicted octanol–water partition coefficient (Wildman–Crippen LogP) is 2.04. The lowest BCUT2D eigenvalue weighted by Gasteiger charge is -2.18. The van der Waals surface area contributed by atoms with E-state index in [4.69, 9.17) is 31.3 Å². The molecule has 2 atom stereocenters. The lowest BCUT2D eigenvalue weighted by Crippen LogP contribution is -2.51. The zero-order chi connectivity index (χ0) is 28.8. The molecule has 15 heteroatoms. The summed E-state index contributed by atoms with van der Waals surface area (Å²) in [6.07, 6.45) is -9.41. The summed E-state index contributed by atoms with van der Waals surface area (Å²) in [5.74, 6) is -6.47. The first-order chi connectivity index (χ1) is 16.9. The quantitative estimate of drug-likeness (QED) is 0.335. The molecule has 0 aromatic heterocycles. The molecule has 9 nitrogen and oxygen atoms in total. The fraction of sp³-hybridized carbons (Fsp3) is 0.273. The van der Waals surface area contributed by atoms with E-state index in [9.17, 15) is 35.9 Å². The largest absolute Gasteiger partial charge is 0.490 e. The molecule has 2 aromatic carbocycles. The number of primary amides is 1. The van der Waals surface area contributed by atoms with Crippen molar-refractivity contribution in [3.8, 4) is 0 Å². The number of carbonyl (C=O) groups is 4. The molecule has 0 spiro atoms. The third-order valence-electron chi connectivity index (χ3n) is 4.06. The standard InChI is InChI=1S/C18H21N3O2.2C2HF3O2/c19-15(11-13-7-3-1-4-8-13)18(23)21-16(17(20)22)12-14-9-5-2-6-10-14;2*3-2(4,5)1(6)7/h1-10,15-16H,11-12,19H2,(H2,20,22)(H,21,23);2*(H,6,7)/t15-,16-;;/m1../s1. The van der Waals surface area contributed by atoms with E-state index in [-0.39, 0.29) is 5.91 Å². The minimum Gasteiger partial charge on any atom is -0.475 e. The third-order valence-corrected chi connectivity index (χ3v) is 4.06. The number of hydrogen-bond acceptors (Lipinski definition) is 5. The molecule has 0 heterocycles. The minimum atomic E-state index is -5.08. The number of rotatable bonds is 7. The van der Waals surface area contributed by atoms with E-state index in [1.807, 2.05) is 60.7 Å². The first-order valence-corrected chi connectivity index (χ1v) is 9.98. The van der Waals surface area contributed by atoms with Crippen LogP contribution in [-0.2, 0) is 32.0 Å². The van der Waals surface area contributed by atoms with Crippen molar-refractivity contribution in [2.75, 3.05) is 0 Å². The van der Waals surface area contributed by atoms with E-state index in [0.717, 1.165) is 11.1 Å². The molecule has 2 rings (SSSR count). The zero-order valence-electron chi connectivity index (χ0n) is 18.8. The van der Waals surface area contributed by atoms with Crippen LogP contribution < -0.4 is 16.8 Å². The summed E-state index contributed by atoms with van der Waals surface area (Å²) >= 11 is 0. The molecular weight excluding hydrogens is 516 g/mol. The number of aliphatic carboxylic acids is 2. The molecule has 0 bridgehead atoms. The van der Waals surface area contributed by atoms with E-state index < -0.39 is 42.3 Å². The van der Waals surface area contributed by atoms with Gasteiger partial charge in [-0.2, -0.15) is 26.3 Å². The van der Waals surface area contributed by atoms with Crippen LogP contribution in [0, 0.1) is 0 Å². The van der Waals surface area contributed by atoms with Gasteiger partial charge >= 0.3 is 24.3 Å². The Morgan fingerprint density at radius 2 is 1.05 bits per heavy atom. The average Bonchev–Trinajstić information content (AvgIpc) is 2.79. The highest BCUT2D eigenvalue weighted by molar-refractivity contribution is 5.89. The molecular formula is C22H23F6N3O6. The Kier molecular flexibility index (Phi) is 13.4. The fourth-order valence-electron chi connectivity index (χ4n) is 2.31. The summed E-state index contributed by atoms with van der Waals surface area (Å²) in [7, 11) is 0. The Bertz CT molecular complexity index is 993. The van der Waals surface area contributed by atoms with E-state index in [1.165, 1.54) is 0 Å². The van der Waals surface area contributed by atoms with Gasteiger partial charge in [0.25, 0.3) is 0 Å². The zero-order valence-corrected chi connectivity index (χ0v) is 18.8. The summed E-state index contributed by atoms with van der Waals surface area (Å²) < 4.78 is 63.5. The Balaban J connectivity index is 0.000000761. The van der Waals surface area contributed by atoms with Crippen molar-refractivity contribution in [1.82, 2.24) is 5.32 Å². The number of carboxylic acid groups (broad SMARTS) is 2. The Morgan fingerprint density at radius 3 is 1.35 bits per heavy atom. The molecule has 0 saturated carbocycles. The second-order valence-electron chi connectivity index (χ2n) is 7.06. The maximum absolute atomic E-state index is 12.2. The van der Waals surface area contributed by atoms with Gasteiger partial charge in [-0.05, 0) is 17.5 Å². The summed E-state index contributed by atoms with van der Waals surface area (Å²) in [6, 6.07) is 17.4. The van der Waals surface area contributed by atoms with Crippen molar-refractivity contribution in [3.63, 3.8) is 0 Å². The minimum absolute atomic E-state index is 0.347. The number of alkyl halides is 6. The van der Waals surface area contributed by atoms with Crippen LogP contribution in [0.15, 0.2) is 60.7 Å². The molecule has 0 aliphatic carbocycles. The number of hydrogen-bond donors (Lipinski definition) is 5. The van der Waals surface area contributed by atoms with Gasteiger partial charge in [0.1, 0.15) is 6.04 Å². The van der Waals surface area contributed by atoms with Gasteiger partial charge in [-0.1, -0.05) is 60.7 Å². The van der Waals surface area contributed by atoms with Gasteiger partial charge in [-0.3, -0.25) is 9.59 Å². The van der Waals surface area contributed by atoms with Gasteiger partial charge in [-0.15, -0.1) is 0 Å². The number of nitrogens with two attached hydrogens (primary N) is 2. The topological polar surface area (TPSA) is 173 Å². The van der Waals surface area contributed by atoms with Crippen LogP contribution in [0.1, 0.15) is 11.1 Å². The average molecular weight is 539 g/mol. The molecule has 7 N–H and O–H groups in total. The van der Waals surface area contributed by atoms with Crippen molar-refractivity contribution in [3.05, 3.63) is 71.8 Å². The third kappa shape index (κ3) is 14.8. The normalized spacial score (nSPS) is 12.4. The number of benzene rings is 2. The van der Waals surface area contributed by atoms with Crippen molar-refractivity contribution in [2.45, 2.75) is 37.3 Å². The molecule has 37 heavy (non-hydrogen) atoms. The monoisotopic (exact) mass is 539 g/mol. The summed E-state index contributed by atoms with van der Waals surface area (Å²) in [5, 5.41) is 16.9. The highest BCUT2D eigenvalue weighted by Gasteiger charge is 2.38. The summed E-state index contributed by atoms with van der Waals surface area (Å²) in [5.41, 5.74) is 13.2. The summed E-state index contributed by atoms with van der Waals surface area (Å²) in [4.78, 5) is 41.6. The molecule has 0 radical (unpaired) electrons. The van der Waals surface area contributed by atoms with Crippen molar-refractivity contribution < 1.29 is 55.7 Å². The highest BCUT2D eigenvalue weighted by Crippen LogP contribution is 2.13. The van der Waals surface area contributed by atoms with Gasteiger partial charge in [-0.25, -0.2) is 9.59 Å². The van der Waals surface area contributed by atoms with Crippen LogP contribution in [0.25, 0.3) is 0 Å². The number of amides is 2. The second-order valence-corrected chi connectivity index (χ2v) is 7.06. The number of carboxylic acids is 2.